The molecule has 1 heterocycles. The number of hydrogen-bond donors (Lipinski definition) is 3. The molecule has 0 bridgehead atoms. The number of nitrogens with two attached hydrogens (primary N) is 1. The van der Waals surface area contributed by atoms with Crippen LogP contribution in [-0.4, -0.2) is 15.9 Å². The lowest BCUT2D eigenvalue weighted by atomic mass is 10.0. The summed E-state index contributed by atoms with van der Waals surface area (Å²) in [6.45, 7) is 5.91. The smallest absolute Gasteiger partial charge is 0.256 e. The van der Waals surface area contributed by atoms with Gasteiger partial charge in [-0.25, -0.2) is 4.98 Å². The normalized spacial score (nSPS) is 11.4. The largest absolute Gasteiger partial charge is 0.369 e. The molecule has 0 aliphatic heterocycles. The number of aromatic amines is 1. The fourth-order valence-corrected chi connectivity index (χ4v) is 2.18. The van der Waals surface area contributed by atoms with Gasteiger partial charge in [0.05, 0.1) is 23.7 Å². The van der Waals surface area contributed by atoms with Crippen molar-refractivity contribution in [3.8, 4) is 6.07 Å². The molecule has 0 amide bonds. The molecule has 0 atom stereocenters. The Morgan fingerprint density at radius 3 is 2.62 bits per heavy atom. The molecular formula is C17H20N6O. The standard InChI is InChI=1S/C17H20N6O/c1-10(2)12-4-6-13(7-5-12)21-16(19)23-17-20-11(3)14(8-9-18)15(24)22-17/h4-7,10H,8H2,1-3H3,(H4,19,20,21,22,23,24). The molecular weight excluding hydrogens is 304 g/mol. The van der Waals surface area contributed by atoms with E-state index < -0.39 is 0 Å². The van der Waals surface area contributed by atoms with Gasteiger partial charge in [0, 0.05) is 5.69 Å². The molecule has 7 nitrogen and oxygen atoms in total. The first-order valence-corrected chi connectivity index (χ1v) is 7.58. The lowest BCUT2D eigenvalue weighted by Gasteiger charge is -2.09. The predicted octanol–water partition coefficient (Wildman–Crippen LogP) is 2.33. The number of rotatable bonds is 4. The van der Waals surface area contributed by atoms with Gasteiger partial charge >= 0.3 is 0 Å². The van der Waals surface area contributed by atoms with Crippen molar-refractivity contribution in [2.45, 2.75) is 33.1 Å². The number of nitriles is 1. The van der Waals surface area contributed by atoms with E-state index in [1.54, 1.807) is 6.92 Å². The second-order valence-electron chi connectivity index (χ2n) is 5.69. The molecule has 1 aromatic carbocycles. The minimum atomic E-state index is -0.378. The van der Waals surface area contributed by atoms with Gasteiger partial charge in [-0.3, -0.25) is 9.78 Å². The SMILES string of the molecule is Cc1nc(N=C(N)Nc2ccc(C(C)C)cc2)[nH]c(=O)c1CC#N. The molecule has 0 unspecified atom stereocenters. The summed E-state index contributed by atoms with van der Waals surface area (Å²) in [5.41, 5.74) is 8.30. The maximum Gasteiger partial charge on any atom is 0.256 e. The first kappa shape index (κ1) is 17.2. The Labute approximate surface area is 140 Å². The maximum atomic E-state index is 11.9. The Bertz CT molecular complexity index is 843. The summed E-state index contributed by atoms with van der Waals surface area (Å²) in [4.78, 5) is 22.7. The number of aryl methyl sites for hydroxylation is 1. The van der Waals surface area contributed by atoms with Crippen LogP contribution in [0.5, 0.6) is 0 Å². The summed E-state index contributed by atoms with van der Waals surface area (Å²) in [6.07, 6.45) is 0.00803. The van der Waals surface area contributed by atoms with Gasteiger partial charge in [-0.05, 0) is 30.5 Å². The topological polar surface area (TPSA) is 120 Å². The highest BCUT2D eigenvalue weighted by molar-refractivity contribution is 5.93. The van der Waals surface area contributed by atoms with Crippen molar-refractivity contribution in [2.24, 2.45) is 10.7 Å². The van der Waals surface area contributed by atoms with Gasteiger partial charge in [0.25, 0.3) is 5.56 Å². The Morgan fingerprint density at radius 1 is 1.42 bits per heavy atom. The lowest BCUT2D eigenvalue weighted by molar-refractivity contribution is 0.867. The van der Waals surface area contributed by atoms with Crippen LogP contribution in [0.25, 0.3) is 0 Å². The molecule has 2 rings (SSSR count). The van der Waals surface area contributed by atoms with E-state index in [2.05, 4.69) is 34.1 Å². The monoisotopic (exact) mass is 324 g/mol. The molecule has 0 saturated carbocycles. The van der Waals surface area contributed by atoms with Gasteiger partial charge in [0.2, 0.25) is 11.9 Å². The van der Waals surface area contributed by atoms with E-state index in [-0.39, 0.29) is 23.9 Å². The molecule has 0 aliphatic carbocycles. The van der Waals surface area contributed by atoms with Gasteiger partial charge in [0.15, 0.2) is 0 Å². The third-order valence-corrected chi connectivity index (χ3v) is 3.54. The second-order valence-corrected chi connectivity index (χ2v) is 5.69. The predicted molar refractivity (Wildman–Crippen MR) is 94.3 cm³/mol. The van der Waals surface area contributed by atoms with Crippen LogP contribution in [0, 0.1) is 18.3 Å². The number of nitrogens with one attached hydrogen (secondary N) is 2. The van der Waals surface area contributed by atoms with E-state index in [4.69, 9.17) is 11.0 Å². The Balaban J connectivity index is 2.19. The summed E-state index contributed by atoms with van der Waals surface area (Å²) in [7, 11) is 0. The minimum absolute atomic E-state index is 0.00803. The number of guanidine groups is 1. The summed E-state index contributed by atoms with van der Waals surface area (Å²) < 4.78 is 0. The van der Waals surface area contributed by atoms with E-state index >= 15 is 0 Å². The highest BCUT2D eigenvalue weighted by Gasteiger charge is 2.08. The number of H-pyrrole nitrogens is 1. The van der Waals surface area contributed by atoms with Crippen LogP contribution in [0.3, 0.4) is 0 Å². The van der Waals surface area contributed by atoms with Crippen molar-refractivity contribution in [2.75, 3.05) is 5.32 Å². The molecule has 4 N–H and O–H groups in total. The molecule has 0 fully saturated rings. The Morgan fingerprint density at radius 2 is 2.08 bits per heavy atom. The molecule has 124 valence electrons. The van der Waals surface area contributed by atoms with Crippen LogP contribution in [0.15, 0.2) is 34.1 Å². The average Bonchev–Trinajstić information content (AvgIpc) is 2.51. The van der Waals surface area contributed by atoms with E-state index in [0.29, 0.717) is 17.2 Å². The molecule has 2 aromatic rings. The maximum absolute atomic E-state index is 11.9. The molecule has 0 radical (unpaired) electrons. The summed E-state index contributed by atoms with van der Waals surface area (Å²) in [6, 6.07) is 9.79. The molecule has 0 aliphatic rings. The van der Waals surface area contributed by atoms with Crippen molar-refractivity contribution in [1.29, 1.82) is 5.26 Å². The quantitative estimate of drug-likeness (QED) is 0.589. The van der Waals surface area contributed by atoms with Gasteiger partial charge in [-0.2, -0.15) is 10.3 Å². The van der Waals surface area contributed by atoms with Crippen LogP contribution in [0.4, 0.5) is 11.6 Å². The zero-order valence-corrected chi connectivity index (χ0v) is 13.9. The van der Waals surface area contributed by atoms with Crippen LogP contribution in [0.1, 0.15) is 36.6 Å². The zero-order valence-electron chi connectivity index (χ0n) is 13.9. The van der Waals surface area contributed by atoms with Gasteiger partial charge in [-0.15, -0.1) is 0 Å². The Kier molecular flexibility index (Phi) is 5.32. The number of nitrogens with zero attached hydrogens (tertiary/aromatic N) is 3. The number of benzene rings is 1. The van der Waals surface area contributed by atoms with Crippen LogP contribution in [-0.2, 0) is 6.42 Å². The van der Waals surface area contributed by atoms with Crippen LogP contribution in [0.2, 0.25) is 0 Å². The number of anilines is 1. The molecule has 0 saturated heterocycles. The highest BCUT2D eigenvalue weighted by atomic mass is 16.1. The molecule has 7 heteroatoms. The molecule has 24 heavy (non-hydrogen) atoms. The summed E-state index contributed by atoms with van der Waals surface area (Å²) in [5.74, 6) is 0.667. The van der Waals surface area contributed by atoms with Gasteiger partial charge in [-0.1, -0.05) is 26.0 Å². The van der Waals surface area contributed by atoms with Crippen molar-refractivity contribution in [3.05, 3.63) is 51.4 Å². The third-order valence-electron chi connectivity index (χ3n) is 3.54. The van der Waals surface area contributed by atoms with Crippen LogP contribution >= 0.6 is 0 Å². The fourth-order valence-electron chi connectivity index (χ4n) is 2.18. The van der Waals surface area contributed by atoms with Gasteiger partial charge in [0.1, 0.15) is 0 Å². The van der Waals surface area contributed by atoms with E-state index in [0.717, 1.165) is 5.69 Å². The summed E-state index contributed by atoms with van der Waals surface area (Å²) in [5, 5.41) is 11.7. The van der Waals surface area contributed by atoms with Crippen molar-refractivity contribution < 1.29 is 0 Å². The first-order chi connectivity index (χ1) is 11.4. The number of hydrogen-bond acceptors (Lipinski definition) is 4. The van der Waals surface area contributed by atoms with Crippen molar-refractivity contribution in [1.82, 2.24) is 9.97 Å². The molecule has 0 spiro atoms. The third kappa shape index (κ3) is 4.20. The van der Waals surface area contributed by atoms with E-state index in [1.807, 2.05) is 30.3 Å². The summed E-state index contributed by atoms with van der Waals surface area (Å²) >= 11 is 0. The lowest BCUT2D eigenvalue weighted by Crippen LogP contribution is -2.23. The molecule has 1 aromatic heterocycles. The van der Waals surface area contributed by atoms with Crippen molar-refractivity contribution >= 4 is 17.6 Å². The van der Waals surface area contributed by atoms with E-state index in [1.165, 1.54) is 5.56 Å². The average molecular weight is 324 g/mol. The van der Waals surface area contributed by atoms with Crippen LogP contribution < -0.4 is 16.6 Å². The van der Waals surface area contributed by atoms with Gasteiger partial charge < -0.3 is 11.1 Å². The second kappa shape index (κ2) is 7.42. The first-order valence-electron chi connectivity index (χ1n) is 7.58. The minimum Gasteiger partial charge on any atom is -0.369 e. The zero-order chi connectivity index (χ0) is 17.7. The number of aromatic nitrogens is 2. The number of aliphatic imine (C=N–C) groups is 1. The Hall–Kier alpha value is -3.14. The highest BCUT2D eigenvalue weighted by Crippen LogP contribution is 2.17. The van der Waals surface area contributed by atoms with E-state index in [9.17, 15) is 4.79 Å². The fraction of sp³-hybridized carbons (Fsp3) is 0.294. The van der Waals surface area contributed by atoms with Crippen molar-refractivity contribution in [3.63, 3.8) is 0 Å².